The molecule has 0 saturated carbocycles. The first-order chi connectivity index (χ1) is 19.3. The van der Waals surface area contributed by atoms with Gasteiger partial charge in [0.05, 0.1) is 35.2 Å². The highest BCUT2D eigenvalue weighted by Gasteiger charge is 2.39. The number of halogens is 1. The summed E-state index contributed by atoms with van der Waals surface area (Å²) < 4.78 is 39.3. The van der Waals surface area contributed by atoms with E-state index in [2.05, 4.69) is 5.32 Å². The monoisotopic (exact) mass is 583 g/mol. The Labute approximate surface area is 238 Å². The standard InChI is InChI=1S/C29H30ClN3O6S/c1-38-25-14-13-22(16-23(25)30)40(36,37)32-15-7-10-21(18-32)29(35)33-19-27(39-26-12-6-5-11-24(26)33)28(34)31-17-20-8-3-2-4-9-20/h2-6,8-9,11-14,16,21,27H,7,10,15,17-19H2,1H3,(H,31,34)/t21-,27-/m0/s1. The number of nitrogens with one attached hydrogen (secondary N) is 1. The molecule has 2 aliphatic heterocycles. The Kier molecular flexibility index (Phi) is 8.30. The second kappa shape index (κ2) is 11.9. The summed E-state index contributed by atoms with van der Waals surface area (Å²) in [6, 6.07) is 20.9. The SMILES string of the molecule is COc1ccc(S(=O)(=O)N2CCC[C@H](C(=O)N3C[C@@H](C(=O)NCc4ccccc4)Oc4ccccc43)C2)cc1Cl. The lowest BCUT2D eigenvalue weighted by Crippen LogP contribution is -2.53. The first-order valence-electron chi connectivity index (χ1n) is 13.0. The van der Waals surface area contributed by atoms with Gasteiger partial charge in [0.1, 0.15) is 11.5 Å². The van der Waals surface area contributed by atoms with Crippen LogP contribution in [0, 0.1) is 5.92 Å². The van der Waals surface area contributed by atoms with Crippen molar-refractivity contribution in [3.05, 3.63) is 83.4 Å². The third-order valence-corrected chi connectivity index (χ3v) is 9.29. The average molecular weight is 584 g/mol. The van der Waals surface area contributed by atoms with E-state index in [1.165, 1.54) is 29.6 Å². The number of nitrogens with zero attached hydrogens (tertiary/aromatic N) is 2. The van der Waals surface area contributed by atoms with Crippen LogP contribution in [0.25, 0.3) is 0 Å². The van der Waals surface area contributed by atoms with Crippen molar-refractivity contribution in [1.82, 2.24) is 9.62 Å². The van der Waals surface area contributed by atoms with E-state index >= 15 is 0 Å². The zero-order valence-electron chi connectivity index (χ0n) is 22.0. The summed E-state index contributed by atoms with van der Waals surface area (Å²) in [7, 11) is -2.44. The smallest absolute Gasteiger partial charge is 0.263 e. The lowest BCUT2D eigenvalue weighted by Gasteiger charge is -2.38. The van der Waals surface area contributed by atoms with Crippen LogP contribution in [-0.4, -0.2) is 57.4 Å². The molecule has 210 valence electrons. The van der Waals surface area contributed by atoms with Gasteiger partial charge in [0.15, 0.2) is 6.10 Å². The van der Waals surface area contributed by atoms with Gasteiger partial charge in [-0.2, -0.15) is 4.31 Å². The highest BCUT2D eigenvalue weighted by atomic mass is 35.5. The third-order valence-electron chi connectivity index (χ3n) is 7.14. The molecule has 2 amide bonds. The van der Waals surface area contributed by atoms with E-state index in [1.54, 1.807) is 29.2 Å². The molecule has 11 heteroatoms. The van der Waals surface area contributed by atoms with Gasteiger partial charge < -0.3 is 19.7 Å². The summed E-state index contributed by atoms with van der Waals surface area (Å²) in [6.45, 7) is 0.670. The minimum absolute atomic E-state index is 0.0216. The maximum absolute atomic E-state index is 13.9. The van der Waals surface area contributed by atoms with Crippen molar-refractivity contribution in [3.8, 4) is 11.5 Å². The van der Waals surface area contributed by atoms with Gasteiger partial charge in [0, 0.05) is 19.6 Å². The first kappa shape index (κ1) is 27.9. The zero-order chi connectivity index (χ0) is 28.3. The van der Waals surface area contributed by atoms with Crippen LogP contribution >= 0.6 is 11.6 Å². The molecule has 3 aromatic rings. The van der Waals surface area contributed by atoms with E-state index in [9.17, 15) is 18.0 Å². The molecule has 1 N–H and O–H groups in total. The molecule has 0 bridgehead atoms. The van der Waals surface area contributed by atoms with Gasteiger partial charge in [-0.05, 0) is 48.7 Å². The van der Waals surface area contributed by atoms with E-state index < -0.39 is 22.0 Å². The van der Waals surface area contributed by atoms with E-state index in [0.717, 1.165) is 5.56 Å². The van der Waals surface area contributed by atoms with E-state index in [0.29, 0.717) is 43.1 Å². The lowest BCUT2D eigenvalue weighted by atomic mass is 9.97. The van der Waals surface area contributed by atoms with Crippen LogP contribution in [0.3, 0.4) is 0 Å². The predicted octanol–water partition coefficient (Wildman–Crippen LogP) is 3.86. The van der Waals surface area contributed by atoms with Gasteiger partial charge in [-0.1, -0.05) is 54.1 Å². The minimum Gasteiger partial charge on any atom is -0.495 e. The molecule has 2 heterocycles. The van der Waals surface area contributed by atoms with E-state index in [4.69, 9.17) is 21.1 Å². The maximum atomic E-state index is 13.9. The number of carbonyl (C=O) groups is 2. The molecule has 1 saturated heterocycles. The molecule has 2 atom stereocenters. The van der Waals surface area contributed by atoms with E-state index in [-0.39, 0.29) is 34.8 Å². The van der Waals surface area contributed by atoms with Gasteiger partial charge in [-0.3, -0.25) is 9.59 Å². The Balaban J connectivity index is 1.33. The summed E-state index contributed by atoms with van der Waals surface area (Å²) in [5.74, 6) is -0.364. The number of benzene rings is 3. The fourth-order valence-corrected chi connectivity index (χ4v) is 6.89. The number of anilines is 1. The highest BCUT2D eigenvalue weighted by Crippen LogP contribution is 2.36. The number of hydrogen-bond acceptors (Lipinski definition) is 6. The van der Waals surface area contributed by atoms with Gasteiger partial charge >= 0.3 is 0 Å². The topological polar surface area (TPSA) is 105 Å². The molecular weight excluding hydrogens is 554 g/mol. The number of carbonyl (C=O) groups excluding carboxylic acids is 2. The summed E-state index contributed by atoms with van der Waals surface area (Å²) in [6.07, 6.45) is 0.137. The number of sulfonamides is 1. The van der Waals surface area contributed by atoms with Gasteiger partial charge in [0.25, 0.3) is 5.91 Å². The quantitative estimate of drug-likeness (QED) is 0.453. The van der Waals surface area contributed by atoms with Gasteiger partial charge in [-0.15, -0.1) is 0 Å². The number of hydrogen-bond donors (Lipinski definition) is 1. The largest absolute Gasteiger partial charge is 0.495 e. The molecule has 0 aromatic heterocycles. The normalized spacial score (nSPS) is 19.3. The van der Waals surface area contributed by atoms with Crippen molar-refractivity contribution in [1.29, 1.82) is 0 Å². The number of ether oxygens (including phenoxy) is 2. The Bertz CT molecular complexity index is 1500. The molecule has 2 aliphatic rings. The van der Waals surface area contributed by atoms with Crippen LogP contribution in [-0.2, 0) is 26.2 Å². The third kappa shape index (κ3) is 5.79. The van der Waals surface area contributed by atoms with Crippen LogP contribution in [0.4, 0.5) is 5.69 Å². The number of piperidine rings is 1. The number of amides is 2. The highest BCUT2D eigenvalue weighted by molar-refractivity contribution is 7.89. The van der Waals surface area contributed by atoms with Gasteiger partial charge in [0.2, 0.25) is 15.9 Å². The Morgan fingerprint density at radius 3 is 2.55 bits per heavy atom. The van der Waals surface area contributed by atoms with Crippen LogP contribution in [0.15, 0.2) is 77.7 Å². The number of para-hydroxylation sites is 2. The zero-order valence-corrected chi connectivity index (χ0v) is 23.5. The Morgan fingerprint density at radius 2 is 1.80 bits per heavy atom. The van der Waals surface area contributed by atoms with Crippen molar-refractivity contribution < 1.29 is 27.5 Å². The summed E-state index contributed by atoms with van der Waals surface area (Å²) in [5.41, 5.74) is 1.50. The second-order valence-electron chi connectivity index (χ2n) is 9.73. The molecule has 40 heavy (non-hydrogen) atoms. The van der Waals surface area contributed by atoms with Crippen molar-refractivity contribution in [2.24, 2.45) is 5.92 Å². The molecule has 9 nitrogen and oxygen atoms in total. The fourth-order valence-electron chi connectivity index (χ4n) is 5.02. The van der Waals surface area contributed by atoms with Crippen molar-refractivity contribution in [2.45, 2.75) is 30.4 Å². The second-order valence-corrected chi connectivity index (χ2v) is 12.1. The average Bonchev–Trinajstić information content (AvgIpc) is 2.99. The predicted molar refractivity (Wildman–Crippen MR) is 151 cm³/mol. The lowest BCUT2D eigenvalue weighted by molar-refractivity contribution is -0.129. The van der Waals surface area contributed by atoms with E-state index in [1.807, 2.05) is 30.3 Å². The van der Waals surface area contributed by atoms with Crippen molar-refractivity contribution >= 4 is 39.1 Å². The maximum Gasteiger partial charge on any atom is 0.263 e. The van der Waals surface area contributed by atoms with Crippen LogP contribution in [0.1, 0.15) is 18.4 Å². The number of methoxy groups -OCH3 is 1. The molecule has 5 rings (SSSR count). The summed E-state index contributed by atoms with van der Waals surface area (Å²) in [5, 5.41) is 3.08. The first-order valence-corrected chi connectivity index (χ1v) is 14.8. The molecule has 0 spiro atoms. The van der Waals surface area contributed by atoms with Gasteiger partial charge in [-0.25, -0.2) is 8.42 Å². The van der Waals surface area contributed by atoms with Crippen LogP contribution in [0.5, 0.6) is 11.5 Å². The minimum atomic E-state index is -3.89. The van der Waals surface area contributed by atoms with Crippen LogP contribution < -0.4 is 19.7 Å². The molecule has 0 radical (unpaired) electrons. The summed E-state index contributed by atoms with van der Waals surface area (Å²) in [4.78, 5) is 28.5. The Hall–Kier alpha value is -3.60. The number of fused-ring (bicyclic) bond motifs is 1. The van der Waals surface area contributed by atoms with Crippen molar-refractivity contribution in [3.63, 3.8) is 0 Å². The van der Waals surface area contributed by atoms with Crippen LogP contribution in [0.2, 0.25) is 5.02 Å². The molecular formula is C29H30ClN3O6S. The molecule has 0 unspecified atom stereocenters. The van der Waals surface area contributed by atoms with Crippen molar-refractivity contribution in [2.75, 3.05) is 31.6 Å². The Morgan fingerprint density at radius 1 is 1.05 bits per heavy atom. The molecule has 3 aromatic carbocycles. The molecule has 1 fully saturated rings. The molecule has 0 aliphatic carbocycles. The number of rotatable bonds is 7. The summed E-state index contributed by atoms with van der Waals surface area (Å²) >= 11 is 6.19. The fraction of sp³-hybridized carbons (Fsp3) is 0.310.